The number of nitrogens with zero attached hydrogens (tertiary/aromatic N) is 3. The van der Waals surface area contributed by atoms with Gasteiger partial charge in [-0.1, -0.05) is 32.9 Å². The van der Waals surface area contributed by atoms with Crippen molar-refractivity contribution in [3.63, 3.8) is 0 Å². The lowest BCUT2D eigenvalue weighted by atomic mass is 9.96. The van der Waals surface area contributed by atoms with E-state index in [1.165, 1.54) is 11.0 Å². The van der Waals surface area contributed by atoms with Gasteiger partial charge in [0.25, 0.3) is 5.91 Å². The molecule has 6 heteroatoms. The monoisotopic (exact) mass is 290 g/mol. The lowest BCUT2D eigenvalue weighted by Gasteiger charge is -2.19. The summed E-state index contributed by atoms with van der Waals surface area (Å²) in [4.78, 5) is 18.0. The van der Waals surface area contributed by atoms with Gasteiger partial charge < -0.3 is 4.90 Å². The van der Waals surface area contributed by atoms with Gasteiger partial charge in [0.1, 0.15) is 11.6 Å². The Kier molecular flexibility index (Phi) is 4.06. The molecule has 0 aliphatic rings. The van der Waals surface area contributed by atoms with Gasteiger partial charge in [-0.2, -0.15) is 0 Å². The number of benzene rings is 1. The number of H-pyrrole nitrogens is 1. The normalized spacial score (nSPS) is 11.5. The highest BCUT2D eigenvalue weighted by Gasteiger charge is 2.25. The van der Waals surface area contributed by atoms with Gasteiger partial charge in [-0.3, -0.25) is 9.89 Å². The molecule has 0 saturated heterocycles. The first-order valence-electron chi connectivity index (χ1n) is 6.84. The SMILES string of the molecule is CCN(C(=O)c1n[nH]c(C(C)(C)C)n1)c1ccccc1F. The summed E-state index contributed by atoms with van der Waals surface area (Å²) < 4.78 is 13.9. The van der Waals surface area contributed by atoms with E-state index in [1.807, 2.05) is 20.8 Å². The van der Waals surface area contributed by atoms with Crippen LogP contribution in [0.25, 0.3) is 0 Å². The topological polar surface area (TPSA) is 61.9 Å². The fourth-order valence-corrected chi connectivity index (χ4v) is 1.91. The summed E-state index contributed by atoms with van der Waals surface area (Å²) in [7, 11) is 0. The predicted molar refractivity (Wildman–Crippen MR) is 78.8 cm³/mol. The van der Waals surface area contributed by atoms with Crippen LogP contribution in [0.1, 0.15) is 44.1 Å². The van der Waals surface area contributed by atoms with Crippen molar-refractivity contribution in [2.45, 2.75) is 33.1 Å². The third-order valence-electron chi connectivity index (χ3n) is 3.09. The zero-order chi connectivity index (χ0) is 15.6. The van der Waals surface area contributed by atoms with Crippen LogP contribution in [0.15, 0.2) is 24.3 Å². The maximum Gasteiger partial charge on any atom is 0.298 e. The molecule has 0 aliphatic carbocycles. The molecule has 0 spiro atoms. The van der Waals surface area contributed by atoms with E-state index >= 15 is 0 Å². The van der Waals surface area contributed by atoms with Crippen molar-refractivity contribution in [2.24, 2.45) is 0 Å². The number of anilines is 1. The van der Waals surface area contributed by atoms with E-state index in [0.717, 1.165) is 0 Å². The summed E-state index contributed by atoms with van der Waals surface area (Å²) in [6.07, 6.45) is 0. The number of carbonyl (C=O) groups is 1. The first kappa shape index (κ1) is 15.2. The number of hydrogen-bond acceptors (Lipinski definition) is 3. The van der Waals surface area contributed by atoms with Crippen molar-refractivity contribution in [2.75, 3.05) is 11.4 Å². The minimum absolute atomic E-state index is 0.0463. The van der Waals surface area contributed by atoms with Crippen molar-refractivity contribution < 1.29 is 9.18 Å². The van der Waals surface area contributed by atoms with E-state index in [2.05, 4.69) is 15.2 Å². The number of para-hydroxylation sites is 1. The van der Waals surface area contributed by atoms with Crippen molar-refractivity contribution >= 4 is 11.6 Å². The molecular weight excluding hydrogens is 271 g/mol. The molecule has 2 rings (SSSR count). The Balaban J connectivity index is 2.33. The van der Waals surface area contributed by atoms with Crippen LogP contribution in [0.5, 0.6) is 0 Å². The average Bonchev–Trinajstić information content (AvgIpc) is 2.91. The molecule has 1 N–H and O–H groups in total. The summed E-state index contributed by atoms with van der Waals surface area (Å²) in [5, 5.41) is 6.73. The quantitative estimate of drug-likeness (QED) is 0.945. The van der Waals surface area contributed by atoms with E-state index in [9.17, 15) is 9.18 Å². The molecular formula is C15H19FN4O. The molecule has 0 unspecified atom stereocenters. The van der Waals surface area contributed by atoms with Crippen LogP contribution in [0.4, 0.5) is 10.1 Å². The Morgan fingerprint density at radius 2 is 2.00 bits per heavy atom. The van der Waals surface area contributed by atoms with Crippen molar-refractivity contribution in [3.05, 3.63) is 41.7 Å². The molecule has 0 saturated carbocycles. The Morgan fingerprint density at radius 3 is 2.52 bits per heavy atom. The van der Waals surface area contributed by atoms with E-state index in [-0.39, 0.29) is 16.9 Å². The zero-order valence-corrected chi connectivity index (χ0v) is 12.6. The van der Waals surface area contributed by atoms with E-state index in [4.69, 9.17) is 0 Å². The number of hydrogen-bond donors (Lipinski definition) is 1. The molecule has 2 aromatic rings. The molecule has 0 radical (unpaired) electrons. The number of aromatic amines is 1. The zero-order valence-electron chi connectivity index (χ0n) is 12.6. The van der Waals surface area contributed by atoms with Crippen molar-refractivity contribution in [3.8, 4) is 0 Å². The van der Waals surface area contributed by atoms with Gasteiger partial charge in [0.15, 0.2) is 0 Å². The molecule has 5 nitrogen and oxygen atoms in total. The Labute approximate surface area is 123 Å². The molecule has 1 heterocycles. The summed E-state index contributed by atoms with van der Waals surface area (Å²) >= 11 is 0. The van der Waals surface area contributed by atoms with Crippen molar-refractivity contribution in [1.29, 1.82) is 0 Å². The van der Waals surface area contributed by atoms with Gasteiger partial charge in [0.2, 0.25) is 5.82 Å². The summed E-state index contributed by atoms with van der Waals surface area (Å²) in [6, 6.07) is 6.16. The third-order valence-corrected chi connectivity index (χ3v) is 3.09. The van der Waals surface area contributed by atoms with Gasteiger partial charge in [0.05, 0.1) is 5.69 Å². The molecule has 0 atom stereocenters. The largest absolute Gasteiger partial charge is 0.303 e. The molecule has 21 heavy (non-hydrogen) atoms. The lowest BCUT2D eigenvalue weighted by Crippen LogP contribution is -2.32. The fraction of sp³-hybridized carbons (Fsp3) is 0.400. The van der Waals surface area contributed by atoms with E-state index in [1.54, 1.807) is 25.1 Å². The van der Waals surface area contributed by atoms with Crippen LogP contribution in [0, 0.1) is 5.82 Å². The van der Waals surface area contributed by atoms with E-state index < -0.39 is 11.7 Å². The van der Waals surface area contributed by atoms with Crippen molar-refractivity contribution in [1.82, 2.24) is 15.2 Å². The summed E-state index contributed by atoms with van der Waals surface area (Å²) in [5.41, 5.74) is -0.00674. The lowest BCUT2D eigenvalue weighted by molar-refractivity contribution is 0.0978. The minimum Gasteiger partial charge on any atom is -0.303 e. The molecule has 1 aromatic carbocycles. The maximum absolute atomic E-state index is 13.9. The molecule has 0 aliphatic heterocycles. The number of aromatic nitrogens is 3. The second-order valence-corrected chi connectivity index (χ2v) is 5.76. The standard InChI is InChI=1S/C15H19FN4O/c1-5-20(11-9-7-6-8-10(11)16)13(21)12-17-14(19-18-12)15(2,3)4/h6-9H,5H2,1-4H3,(H,17,18,19). The van der Waals surface area contributed by atoms with Gasteiger partial charge in [0, 0.05) is 12.0 Å². The first-order chi connectivity index (χ1) is 9.84. The molecule has 112 valence electrons. The minimum atomic E-state index is -0.445. The highest BCUT2D eigenvalue weighted by atomic mass is 19.1. The van der Waals surface area contributed by atoms with Gasteiger partial charge >= 0.3 is 0 Å². The van der Waals surface area contributed by atoms with Gasteiger partial charge in [-0.15, -0.1) is 5.10 Å². The Bertz CT molecular complexity index is 645. The van der Waals surface area contributed by atoms with Crippen LogP contribution in [0.2, 0.25) is 0 Å². The number of carbonyl (C=O) groups excluding carboxylic acids is 1. The highest BCUT2D eigenvalue weighted by Crippen LogP contribution is 2.21. The average molecular weight is 290 g/mol. The molecule has 1 aromatic heterocycles. The van der Waals surface area contributed by atoms with Crippen LogP contribution < -0.4 is 4.90 Å². The maximum atomic E-state index is 13.9. The molecule has 0 fully saturated rings. The smallest absolute Gasteiger partial charge is 0.298 e. The van der Waals surface area contributed by atoms with E-state index in [0.29, 0.717) is 12.4 Å². The third kappa shape index (κ3) is 3.09. The number of nitrogens with one attached hydrogen (secondary N) is 1. The molecule has 0 bridgehead atoms. The molecule has 1 amide bonds. The summed E-state index contributed by atoms with van der Waals surface area (Å²) in [6.45, 7) is 8.02. The van der Waals surface area contributed by atoms with Crippen LogP contribution in [-0.2, 0) is 5.41 Å². The van der Waals surface area contributed by atoms with Gasteiger partial charge in [-0.05, 0) is 19.1 Å². The van der Waals surface area contributed by atoms with Gasteiger partial charge in [-0.25, -0.2) is 9.37 Å². The first-order valence-corrected chi connectivity index (χ1v) is 6.84. The Hall–Kier alpha value is -2.24. The van der Waals surface area contributed by atoms with Crippen LogP contribution in [-0.4, -0.2) is 27.6 Å². The fourth-order valence-electron chi connectivity index (χ4n) is 1.91. The summed E-state index contributed by atoms with van der Waals surface area (Å²) in [5.74, 6) is -0.200. The van der Waals surface area contributed by atoms with Crippen LogP contribution in [0.3, 0.4) is 0 Å². The highest BCUT2D eigenvalue weighted by molar-refractivity contribution is 6.03. The van der Waals surface area contributed by atoms with Crippen LogP contribution >= 0.6 is 0 Å². The predicted octanol–water partition coefficient (Wildman–Crippen LogP) is 2.91. The second-order valence-electron chi connectivity index (χ2n) is 5.76. The number of halogens is 1. The Morgan fingerprint density at radius 1 is 1.33 bits per heavy atom. The number of rotatable bonds is 3. The number of amides is 1. The second kappa shape index (κ2) is 5.63.